The van der Waals surface area contributed by atoms with Crippen LogP contribution in [-0.2, 0) is 28.1 Å². The van der Waals surface area contributed by atoms with E-state index in [0.717, 1.165) is 26.3 Å². The van der Waals surface area contributed by atoms with Crippen LogP contribution in [0.25, 0.3) is 0 Å². The average Bonchev–Trinajstić information content (AvgIpc) is 3.54. The maximum absolute atomic E-state index is 13.7. The molecule has 0 aliphatic carbocycles. The standard InChI is InChI=1S/C27H33IN4O4Si/c1-17-25(37(3,4)21-8-6-20(35-2)7-9-21)24(11-13-32-16-19(12-14-33)30-31-32)36-27(17)22-15-18(28)5-10-23(22)29-26(27)34/h5-10,15-17,24-25,33H,11-14H2,1-4H3,(H,29,34)/t17-,24+,25-,27+/m0/s1. The number of carbonyl (C=O) groups is 1. The molecule has 1 fully saturated rings. The summed E-state index contributed by atoms with van der Waals surface area (Å²) in [6, 6.07) is 14.5. The molecule has 2 aromatic carbocycles. The van der Waals surface area contributed by atoms with E-state index in [1.165, 1.54) is 5.19 Å². The number of anilines is 1. The van der Waals surface area contributed by atoms with Gasteiger partial charge in [0.25, 0.3) is 5.91 Å². The van der Waals surface area contributed by atoms with Crippen molar-refractivity contribution in [2.45, 2.75) is 56.7 Å². The molecule has 10 heteroatoms. The molecule has 0 saturated carbocycles. The summed E-state index contributed by atoms with van der Waals surface area (Å²) in [5.74, 6) is 0.734. The number of nitrogens with zero attached hydrogens (tertiary/aromatic N) is 3. The molecule has 3 aromatic rings. The maximum atomic E-state index is 13.7. The van der Waals surface area contributed by atoms with Crippen LogP contribution in [0.5, 0.6) is 5.75 Å². The number of aliphatic hydroxyl groups is 1. The normalized spacial score (nSPS) is 24.9. The Hall–Kier alpha value is -2.28. The minimum absolute atomic E-state index is 0.0265. The topological polar surface area (TPSA) is 98.5 Å². The maximum Gasteiger partial charge on any atom is 0.261 e. The summed E-state index contributed by atoms with van der Waals surface area (Å²) in [6.45, 7) is 7.61. The van der Waals surface area contributed by atoms with Gasteiger partial charge in [-0.25, -0.2) is 0 Å². The van der Waals surface area contributed by atoms with Crippen molar-refractivity contribution in [2.75, 3.05) is 19.0 Å². The van der Waals surface area contributed by atoms with Crippen LogP contribution in [-0.4, -0.2) is 53.9 Å². The van der Waals surface area contributed by atoms with Gasteiger partial charge in [0.05, 0.1) is 27.0 Å². The lowest BCUT2D eigenvalue weighted by Gasteiger charge is -2.37. The summed E-state index contributed by atoms with van der Waals surface area (Å²) in [5.41, 5.74) is 1.70. The van der Waals surface area contributed by atoms with E-state index in [4.69, 9.17) is 9.47 Å². The van der Waals surface area contributed by atoms with Crippen molar-refractivity contribution in [3.63, 3.8) is 0 Å². The monoisotopic (exact) mass is 632 g/mol. The third kappa shape index (κ3) is 4.51. The number of aromatic nitrogens is 3. The second-order valence-corrected chi connectivity index (χ2v) is 16.5. The van der Waals surface area contributed by atoms with Gasteiger partial charge in [-0.2, -0.15) is 0 Å². The van der Waals surface area contributed by atoms with Crippen molar-refractivity contribution >= 4 is 47.4 Å². The van der Waals surface area contributed by atoms with Crippen LogP contribution in [0, 0.1) is 9.49 Å². The average molecular weight is 633 g/mol. The highest BCUT2D eigenvalue weighted by molar-refractivity contribution is 14.1. The molecule has 8 nitrogen and oxygen atoms in total. The molecule has 2 aliphatic rings. The highest BCUT2D eigenvalue weighted by Crippen LogP contribution is 2.58. The number of hydrogen-bond donors (Lipinski definition) is 2. The molecule has 37 heavy (non-hydrogen) atoms. The van der Waals surface area contributed by atoms with Gasteiger partial charge in [-0.1, -0.05) is 42.6 Å². The predicted molar refractivity (Wildman–Crippen MR) is 153 cm³/mol. The van der Waals surface area contributed by atoms with E-state index in [-0.39, 0.29) is 30.1 Å². The Kier molecular flexibility index (Phi) is 7.20. The Bertz CT molecular complexity index is 1300. The van der Waals surface area contributed by atoms with E-state index in [1.54, 1.807) is 7.11 Å². The Morgan fingerprint density at radius 3 is 2.70 bits per heavy atom. The largest absolute Gasteiger partial charge is 0.497 e. The first kappa shape index (κ1) is 26.3. The Morgan fingerprint density at radius 1 is 1.24 bits per heavy atom. The number of aliphatic hydroxyl groups excluding tert-OH is 1. The smallest absolute Gasteiger partial charge is 0.261 e. The van der Waals surface area contributed by atoms with Crippen LogP contribution < -0.4 is 15.2 Å². The Balaban J connectivity index is 1.53. The highest BCUT2D eigenvalue weighted by Gasteiger charge is 2.64. The van der Waals surface area contributed by atoms with Crippen molar-refractivity contribution in [1.82, 2.24) is 15.0 Å². The van der Waals surface area contributed by atoms with Gasteiger partial charge in [-0.05, 0) is 64.9 Å². The van der Waals surface area contributed by atoms with Gasteiger partial charge in [-0.15, -0.1) is 5.10 Å². The Morgan fingerprint density at radius 2 is 2.00 bits per heavy atom. The van der Waals surface area contributed by atoms with Crippen molar-refractivity contribution < 1.29 is 19.4 Å². The van der Waals surface area contributed by atoms with Crippen LogP contribution in [0.4, 0.5) is 5.69 Å². The molecular formula is C27H33IN4O4Si. The fourth-order valence-electron chi connectivity index (χ4n) is 6.31. The molecule has 3 heterocycles. The van der Waals surface area contributed by atoms with E-state index >= 15 is 0 Å². The molecule has 5 rings (SSSR count). The first-order chi connectivity index (χ1) is 17.7. The first-order valence-electron chi connectivity index (χ1n) is 12.6. The lowest BCUT2D eigenvalue weighted by Crippen LogP contribution is -2.51. The summed E-state index contributed by atoms with van der Waals surface area (Å²) < 4.78 is 15.2. The molecule has 1 saturated heterocycles. The molecule has 2 N–H and O–H groups in total. The van der Waals surface area contributed by atoms with Crippen molar-refractivity contribution in [2.24, 2.45) is 5.92 Å². The summed E-state index contributed by atoms with van der Waals surface area (Å²) in [5, 5.41) is 22.1. The second kappa shape index (κ2) is 10.1. The number of fused-ring (bicyclic) bond motifs is 2. The first-order valence-corrected chi connectivity index (χ1v) is 16.8. The zero-order valence-corrected chi connectivity index (χ0v) is 24.7. The fourth-order valence-corrected chi connectivity index (χ4v) is 10.9. The summed E-state index contributed by atoms with van der Waals surface area (Å²) in [4.78, 5) is 13.7. The number of nitrogens with one attached hydrogen (secondary N) is 1. The zero-order chi connectivity index (χ0) is 26.4. The quantitative estimate of drug-likeness (QED) is 0.291. The van der Waals surface area contributed by atoms with Crippen molar-refractivity contribution in [1.29, 1.82) is 0 Å². The van der Waals surface area contributed by atoms with Gasteiger partial charge in [0.2, 0.25) is 0 Å². The summed E-state index contributed by atoms with van der Waals surface area (Å²) in [6.07, 6.45) is 2.93. The van der Waals surface area contributed by atoms with E-state index in [0.29, 0.717) is 19.4 Å². The molecule has 196 valence electrons. The zero-order valence-electron chi connectivity index (χ0n) is 21.6. The number of benzene rings is 2. The predicted octanol–water partition coefficient (Wildman–Crippen LogP) is 3.68. The number of rotatable bonds is 8. The van der Waals surface area contributed by atoms with Gasteiger partial charge in [0.1, 0.15) is 5.75 Å². The second-order valence-electron chi connectivity index (χ2n) is 10.5. The highest BCUT2D eigenvalue weighted by atomic mass is 127. The van der Waals surface area contributed by atoms with Crippen molar-refractivity contribution in [3.05, 3.63) is 63.5 Å². The minimum Gasteiger partial charge on any atom is -0.497 e. The molecule has 1 spiro atoms. The number of hydrogen-bond acceptors (Lipinski definition) is 6. The summed E-state index contributed by atoms with van der Waals surface area (Å²) in [7, 11) is -0.474. The minimum atomic E-state index is -2.15. The summed E-state index contributed by atoms with van der Waals surface area (Å²) >= 11 is 2.30. The number of ether oxygens (including phenoxy) is 2. The third-order valence-corrected chi connectivity index (χ3v) is 13.2. The molecular weight excluding hydrogens is 599 g/mol. The Labute approximate surface area is 231 Å². The van der Waals surface area contributed by atoms with Gasteiger partial charge >= 0.3 is 0 Å². The molecule has 0 radical (unpaired) electrons. The fraction of sp³-hybridized carbons (Fsp3) is 0.444. The molecule has 1 aromatic heterocycles. The number of methoxy groups -OCH3 is 1. The number of amides is 1. The van der Waals surface area contributed by atoms with Crippen LogP contribution in [0.3, 0.4) is 0 Å². The lowest BCUT2D eigenvalue weighted by atomic mass is 9.82. The van der Waals surface area contributed by atoms with Gasteiger partial charge in [0, 0.05) is 46.5 Å². The van der Waals surface area contributed by atoms with E-state index in [1.807, 2.05) is 35.1 Å². The van der Waals surface area contributed by atoms with Crippen LogP contribution >= 0.6 is 22.6 Å². The molecule has 0 unspecified atom stereocenters. The van der Waals surface area contributed by atoms with E-state index in [2.05, 4.69) is 76.4 Å². The lowest BCUT2D eigenvalue weighted by molar-refractivity contribution is -0.143. The molecule has 4 atom stereocenters. The van der Waals surface area contributed by atoms with Crippen LogP contribution in [0.2, 0.25) is 18.6 Å². The van der Waals surface area contributed by atoms with Crippen molar-refractivity contribution in [3.8, 4) is 5.75 Å². The van der Waals surface area contributed by atoms with Crippen LogP contribution in [0.1, 0.15) is 24.6 Å². The van der Waals surface area contributed by atoms with Gasteiger partial charge < -0.3 is 19.9 Å². The number of carbonyl (C=O) groups excluding carboxylic acids is 1. The number of aryl methyl sites for hydroxylation is 1. The SMILES string of the molecule is COc1ccc([Si](C)(C)[C@@H]2[C@@H](CCn3cc(CCO)nn3)O[C@]3(C(=O)Nc4ccc(I)cc43)[C@H]2C)cc1. The van der Waals surface area contributed by atoms with Crippen LogP contribution in [0.15, 0.2) is 48.7 Å². The third-order valence-electron chi connectivity index (χ3n) is 8.15. The molecule has 0 bridgehead atoms. The number of halogens is 1. The molecule has 1 amide bonds. The van der Waals surface area contributed by atoms with E-state index < -0.39 is 13.7 Å². The van der Waals surface area contributed by atoms with Gasteiger partial charge in [0.15, 0.2) is 5.60 Å². The van der Waals surface area contributed by atoms with E-state index in [9.17, 15) is 9.90 Å². The van der Waals surface area contributed by atoms with Gasteiger partial charge in [-0.3, -0.25) is 9.48 Å². The molecule has 2 aliphatic heterocycles.